The molecule has 1 heterocycles. The number of cyclic esters (lactones) is 2. The molecule has 1 saturated heterocycles. The molecule has 0 aliphatic carbocycles. The molecule has 0 N–H and O–H groups in total. The van der Waals surface area contributed by atoms with Crippen molar-refractivity contribution in [3.8, 4) is 0 Å². The molecule has 0 radical (unpaired) electrons. The summed E-state index contributed by atoms with van der Waals surface area (Å²) in [6.45, 7) is 0. The molecule has 0 spiro atoms. The van der Waals surface area contributed by atoms with E-state index in [9.17, 15) is 48.7 Å². The highest BCUT2D eigenvalue weighted by Crippen LogP contribution is 2.49. The summed E-state index contributed by atoms with van der Waals surface area (Å²) < 4.78 is 129. The molecular weight excluding hydrogens is 322 g/mol. The number of alkyl halides is 10. The third kappa shape index (κ3) is 2.44. The number of halogens is 10. The molecule has 118 valence electrons. The van der Waals surface area contributed by atoms with E-state index in [0.29, 0.717) is 0 Å². The van der Waals surface area contributed by atoms with Gasteiger partial charge in [-0.05, 0) is 0 Å². The molecule has 0 amide bonds. The Bertz CT molecular complexity index is 361. The zero-order chi connectivity index (χ0) is 16.1. The fourth-order valence-corrected chi connectivity index (χ4v) is 1.21. The minimum absolute atomic E-state index is 2.49. The van der Waals surface area contributed by atoms with Gasteiger partial charge in [-0.25, -0.2) is 4.79 Å². The van der Waals surface area contributed by atoms with E-state index in [0.717, 1.165) is 0 Å². The third-order valence-corrected chi connectivity index (χ3v) is 2.19. The molecule has 3 nitrogen and oxygen atoms in total. The van der Waals surface area contributed by atoms with Crippen molar-refractivity contribution < 1.29 is 58.2 Å². The van der Waals surface area contributed by atoms with Crippen molar-refractivity contribution in [3.63, 3.8) is 0 Å². The standard InChI is InChI=1S/C7H2F10O3/c8-4(9,6(12,13)14)1-2(20-3(18)19-1)5(10,11)7(15,16)17/h1-2H. The maximum Gasteiger partial charge on any atom is 0.509 e. The summed E-state index contributed by atoms with van der Waals surface area (Å²) in [7, 11) is 0. The minimum atomic E-state index is -6.52. The summed E-state index contributed by atoms with van der Waals surface area (Å²) in [4.78, 5) is 10.4. The zero-order valence-corrected chi connectivity index (χ0v) is 8.66. The summed E-state index contributed by atoms with van der Waals surface area (Å²) in [5.74, 6) is -12.3. The van der Waals surface area contributed by atoms with Crippen LogP contribution >= 0.6 is 0 Å². The van der Waals surface area contributed by atoms with Gasteiger partial charge in [-0.1, -0.05) is 0 Å². The highest BCUT2D eigenvalue weighted by molar-refractivity contribution is 5.63. The van der Waals surface area contributed by atoms with Gasteiger partial charge in [0, 0.05) is 0 Å². The lowest BCUT2D eigenvalue weighted by Crippen LogP contribution is -2.59. The van der Waals surface area contributed by atoms with Crippen LogP contribution in [0.15, 0.2) is 0 Å². The van der Waals surface area contributed by atoms with Crippen LogP contribution in [0.1, 0.15) is 0 Å². The molecule has 0 saturated carbocycles. The van der Waals surface area contributed by atoms with E-state index in [1.807, 2.05) is 0 Å². The molecule has 2 unspecified atom stereocenters. The van der Waals surface area contributed by atoms with Gasteiger partial charge in [0.15, 0.2) is 0 Å². The molecule has 20 heavy (non-hydrogen) atoms. The largest absolute Gasteiger partial charge is 0.509 e. The Morgan fingerprint density at radius 3 is 1.10 bits per heavy atom. The Labute approximate surface area is 102 Å². The van der Waals surface area contributed by atoms with Crippen molar-refractivity contribution >= 4 is 6.16 Å². The molecule has 13 heteroatoms. The van der Waals surface area contributed by atoms with Crippen LogP contribution in [0.25, 0.3) is 0 Å². The van der Waals surface area contributed by atoms with Crippen LogP contribution in [0.4, 0.5) is 48.7 Å². The molecule has 1 aliphatic heterocycles. The van der Waals surface area contributed by atoms with Gasteiger partial charge in [0.2, 0.25) is 12.2 Å². The van der Waals surface area contributed by atoms with Gasteiger partial charge in [0.05, 0.1) is 0 Å². The van der Waals surface area contributed by atoms with Crippen LogP contribution in [0.3, 0.4) is 0 Å². The van der Waals surface area contributed by atoms with E-state index in [2.05, 4.69) is 9.47 Å². The number of ether oxygens (including phenoxy) is 2. The van der Waals surface area contributed by atoms with Crippen LogP contribution in [0.5, 0.6) is 0 Å². The topological polar surface area (TPSA) is 35.5 Å². The second kappa shape index (κ2) is 4.28. The van der Waals surface area contributed by atoms with Gasteiger partial charge in [-0.2, -0.15) is 43.9 Å². The van der Waals surface area contributed by atoms with E-state index in [-0.39, 0.29) is 0 Å². The molecule has 0 aromatic heterocycles. The number of rotatable bonds is 2. The van der Waals surface area contributed by atoms with Crippen molar-refractivity contribution in [1.29, 1.82) is 0 Å². The van der Waals surface area contributed by atoms with Crippen molar-refractivity contribution in [1.82, 2.24) is 0 Å². The SMILES string of the molecule is O=C1OC(C(F)(F)C(F)(F)F)C(C(F)(F)C(F)(F)F)O1. The fraction of sp³-hybridized carbons (Fsp3) is 0.857. The Morgan fingerprint density at radius 1 is 0.650 bits per heavy atom. The summed E-state index contributed by atoms with van der Waals surface area (Å²) in [6, 6.07) is 0. The predicted molar refractivity (Wildman–Crippen MR) is 37.1 cm³/mol. The quantitative estimate of drug-likeness (QED) is 0.578. The van der Waals surface area contributed by atoms with E-state index in [1.165, 1.54) is 0 Å². The first-order chi connectivity index (χ1) is 8.62. The predicted octanol–water partition coefficient (Wildman–Crippen LogP) is 3.29. The first-order valence-corrected chi connectivity index (χ1v) is 4.38. The second-order valence-corrected chi connectivity index (χ2v) is 3.57. The average Bonchev–Trinajstić information content (AvgIpc) is 2.57. The first kappa shape index (κ1) is 16.6. The lowest BCUT2D eigenvalue weighted by molar-refractivity contribution is -0.347. The number of hydrogen-bond acceptors (Lipinski definition) is 3. The molecule has 0 aromatic carbocycles. The monoisotopic (exact) mass is 324 g/mol. The highest BCUT2D eigenvalue weighted by atomic mass is 19.4. The van der Waals surface area contributed by atoms with Crippen LogP contribution in [-0.2, 0) is 9.47 Å². The van der Waals surface area contributed by atoms with Crippen LogP contribution < -0.4 is 0 Å². The maximum absolute atomic E-state index is 12.8. The number of carbonyl (C=O) groups excluding carboxylic acids is 1. The molecule has 0 bridgehead atoms. The maximum atomic E-state index is 12.8. The summed E-state index contributed by atoms with van der Waals surface area (Å²) in [6.07, 6.45) is -23.9. The highest BCUT2D eigenvalue weighted by Gasteiger charge is 2.77. The average molecular weight is 324 g/mol. The number of carbonyl (C=O) groups is 1. The Morgan fingerprint density at radius 2 is 0.900 bits per heavy atom. The van der Waals surface area contributed by atoms with Crippen LogP contribution in [0, 0.1) is 0 Å². The lowest BCUT2D eigenvalue weighted by atomic mass is 10.0. The molecule has 0 aromatic rings. The Balaban J connectivity index is 3.23. The van der Waals surface area contributed by atoms with Gasteiger partial charge < -0.3 is 9.47 Å². The molecule has 2 atom stereocenters. The van der Waals surface area contributed by atoms with Gasteiger partial charge in [-0.3, -0.25) is 0 Å². The van der Waals surface area contributed by atoms with Gasteiger partial charge in [-0.15, -0.1) is 0 Å². The molecular formula is C7H2F10O3. The van der Waals surface area contributed by atoms with Gasteiger partial charge in [0.25, 0.3) is 0 Å². The van der Waals surface area contributed by atoms with Crippen molar-refractivity contribution in [2.75, 3.05) is 0 Å². The second-order valence-electron chi connectivity index (χ2n) is 3.57. The normalized spacial score (nSPS) is 25.4. The van der Waals surface area contributed by atoms with Crippen LogP contribution in [-0.4, -0.2) is 42.6 Å². The third-order valence-electron chi connectivity index (χ3n) is 2.19. The van der Waals surface area contributed by atoms with Gasteiger partial charge >= 0.3 is 30.4 Å². The van der Waals surface area contributed by atoms with E-state index in [1.54, 1.807) is 0 Å². The van der Waals surface area contributed by atoms with Crippen molar-refractivity contribution in [3.05, 3.63) is 0 Å². The molecule has 1 rings (SSSR count). The fourth-order valence-electron chi connectivity index (χ4n) is 1.21. The Hall–Kier alpha value is -1.43. The smallest absolute Gasteiger partial charge is 0.420 e. The van der Waals surface area contributed by atoms with E-state index < -0.39 is 42.6 Å². The Kier molecular flexibility index (Phi) is 3.56. The van der Waals surface area contributed by atoms with Crippen molar-refractivity contribution in [2.24, 2.45) is 0 Å². The summed E-state index contributed by atoms with van der Waals surface area (Å²) in [5, 5.41) is 0. The van der Waals surface area contributed by atoms with Crippen LogP contribution in [0.2, 0.25) is 0 Å². The molecule has 1 aliphatic rings. The van der Waals surface area contributed by atoms with Crippen molar-refractivity contribution in [2.45, 2.75) is 36.4 Å². The summed E-state index contributed by atoms with van der Waals surface area (Å²) in [5.41, 5.74) is 0. The molecule has 1 fully saturated rings. The number of hydrogen-bond donors (Lipinski definition) is 0. The van der Waals surface area contributed by atoms with Gasteiger partial charge in [0.1, 0.15) is 0 Å². The van der Waals surface area contributed by atoms with E-state index >= 15 is 0 Å². The van der Waals surface area contributed by atoms with E-state index in [4.69, 9.17) is 0 Å². The minimum Gasteiger partial charge on any atom is -0.420 e. The summed E-state index contributed by atoms with van der Waals surface area (Å²) >= 11 is 0. The zero-order valence-electron chi connectivity index (χ0n) is 8.66. The lowest BCUT2D eigenvalue weighted by Gasteiger charge is -2.30. The first-order valence-electron chi connectivity index (χ1n) is 4.38.